The number of hydrogen-bond donors (Lipinski definition) is 2. The van der Waals surface area contributed by atoms with Gasteiger partial charge in [0.15, 0.2) is 0 Å². The van der Waals surface area contributed by atoms with Gasteiger partial charge in [-0.2, -0.15) is 15.3 Å². The van der Waals surface area contributed by atoms with Crippen molar-refractivity contribution in [2.24, 2.45) is 7.05 Å². The second-order valence-corrected chi connectivity index (χ2v) is 8.30. The number of aliphatic hydroxyl groups excluding tert-OH is 1. The molecule has 3 aromatic heterocycles. The Balaban J connectivity index is 1.66. The van der Waals surface area contributed by atoms with Crippen LogP contribution in [-0.4, -0.2) is 66.1 Å². The molecule has 0 atom stereocenters. The maximum absolute atomic E-state index is 9.50. The number of nitrogens with zero attached hydrogens (tertiary/aromatic N) is 6. The van der Waals surface area contributed by atoms with E-state index < -0.39 is 0 Å². The zero-order valence-corrected chi connectivity index (χ0v) is 19.2. The molecule has 4 aromatic rings. The second-order valence-electron chi connectivity index (χ2n) is 8.30. The van der Waals surface area contributed by atoms with E-state index in [1.165, 1.54) is 0 Å². The molecular formula is C24H29N7O2. The first-order chi connectivity index (χ1) is 16.1. The van der Waals surface area contributed by atoms with Gasteiger partial charge in [-0.1, -0.05) is 13.0 Å². The van der Waals surface area contributed by atoms with Crippen molar-refractivity contribution in [3.63, 3.8) is 0 Å². The number of aliphatic hydroxyl groups is 1. The molecule has 1 aliphatic rings. The predicted octanol–water partition coefficient (Wildman–Crippen LogP) is 2.85. The first-order valence-electron chi connectivity index (χ1n) is 11.3. The van der Waals surface area contributed by atoms with E-state index in [0.717, 1.165) is 64.3 Å². The molecule has 1 aliphatic heterocycles. The van der Waals surface area contributed by atoms with Gasteiger partial charge in [0, 0.05) is 31.1 Å². The van der Waals surface area contributed by atoms with Gasteiger partial charge in [-0.05, 0) is 43.3 Å². The molecule has 9 heteroatoms. The van der Waals surface area contributed by atoms with E-state index in [1.807, 2.05) is 37.0 Å². The van der Waals surface area contributed by atoms with Crippen LogP contribution in [0.25, 0.3) is 34.2 Å². The number of hydrogen-bond acceptors (Lipinski definition) is 6. The molecule has 0 radical (unpaired) electrons. The Labute approximate surface area is 192 Å². The Bertz CT molecular complexity index is 1310. The van der Waals surface area contributed by atoms with Gasteiger partial charge in [0.25, 0.3) is 0 Å². The number of ether oxygens (including phenoxy) is 1. The second kappa shape index (κ2) is 8.84. The number of aryl methyl sites for hydroxylation is 2. The first-order valence-corrected chi connectivity index (χ1v) is 11.3. The van der Waals surface area contributed by atoms with E-state index in [4.69, 9.17) is 4.74 Å². The fourth-order valence-corrected chi connectivity index (χ4v) is 4.38. The molecule has 2 N–H and O–H groups in total. The van der Waals surface area contributed by atoms with Crippen molar-refractivity contribution in [1.29, 1.82) is 0 Å². The van der Waals surface area contributed by atoms with E-state index in [9.17, 15) is 5.11 Å². The number of aromatic nitrogens is 6. The molecule has 2 bridgehead atoms. The number of likely N-dealkylation sites (N-methyl/N-ethyl adjacent to an activating group) is 1. The highest BCUT2D eigenvalue weighted by Crippen LogP contribution is 2.31. The molecule has 9 nitrogen and oxygen atoms in total. The summed E-state index contributed by atoms with van der Waals surface area (Å²) in [5.74, 6) is 0.672. The maximum atomic E-state index is 9.50. The van der Waals surface area contributed by atoms with Crippen LogP contribution < -0.4 is 4.74 Å². The van der Waals surface area contributed by atoms with Crippen molar-refractivity contribution < 1.29 is 9.84 Å². The zero-order valence-electron chi connectivity index (χ0n) is 19.2. The summed E-state index contributed by atoms with van der Waals surface area (Å²) in [5, 5.41) is 27.3. The molecule has 0 aliphatic carbocycles. The van der Waals surface area contributed by atoms with Gasteiger partial charge < -0.3 is 9.84 Å². The Kier molecular flexibility index (Phi) is 5.74. The van der Waals surface area contributed by atoms with Crippen molar-refractivity contribution in [2.45, 2.75) is 26.9 Å². The van der Waals surface area contributed by atoms with Gasteiger partial charge in [-0.15, -0.1) is 0 Å². The third-order valence-corrected chi connectivity index (χ3v) is 6.28. The molecule has 5 rings (SSSR count). The summed E-state index contributed by atoms with van der Waals surface area (Å²) in [7, 11) is 1.99. The zero-order chi connectivity index (χ0) is 22.9. The lowest BCUT2D eigenvalue weighted by Gasteiger charge is -2.21. The summed E-state index contributed by atoms with van der Waals surface area (Å²) in [5.41, 5.74) is 6.99. The van der Waals surface area contributed by atoms with Crippen LogP contribution in [0, 0.1) is 6.92 Å². The largest absolute Gasteiger partial charge is 0.476 e. The summed E-state index contributed by atoms with van der Waals surface area (Å²) < 4.78 is 9.94. The average molecular weight is 448 g/mol. The molecule has 0 unspecified atom stereocenters. The number of H-pyrrole nitrogens is 1. The van der Waals surface area contributed by atoms with Crippen LogP contribution in [0.2, 0.25) is 0 Å². The number of nitrogens with one attached hydrogen (secondary N) is 1. The highest BCUT2D eigenvalue weighted by molar-refractivity contribution is 5.93. The summed E-state index contributed by atoms with van der Waals surface area (Å²) in [6.45, 7) is 7.42. The lowest BCUT2D eigenvalue weighted by molar-refractivity contribution is 0.190. The summed E-state index contributed by atoms with van der Waals surface area (Å²) in [4.78, 5) is 2.34. The minimum atomic E-state index is -0.00222. The van der Waals surface area contributed by atoms with E-state index in [-0.39, 0.29) is 6.61 Å². The van der Waals surface area contributed by atoms with Gasteiger partial charge >= 0.3 is 0 Å². The summed E-state index contributed by atoms with van der Waals surface area (Å²) >= 11 is 0. The fourth-order valence-electron chi connectivity index (χ4n) is 4.38. The van der Waals surface area contributed by atoms with Crippen molar-refractivity contribution >= 4 is 23.1 Å². The van der Waals surface area contributed by atoms with Crippen LogP contribution in [0.15, 0.2) is 24.4 Å². The molecular weight excluding hydrogens is 418 g/mol. The summed E-state index contributed by atoms with van der Waals surface area (Å²) in [6, 6.07) is 6.36. The number of fused-ring (bicyclic) bond motifs is 4. The normalized spacial score (nSPS) is 15.6. The molecule has 0 saturated carbocycles. The lowest BCUT2D eigenvalue weighted by atomic mass is 10.0. The highest BCUT2D eigenvalue weighted by atomic mass is 16.5. The van der Waals surface area contributed by atoms with Crippen molar-refractivity contribution in [1.82, 2.24) is 34.7 Å². The van der Waals surface area contributed by atoms with Gasteiger partial charge in [0.2, 0.25) is 5.88 Å². The Morgan fingerprint density at radius 2 is 2.12 bits per heavy atom. The number of benzene rings is 1. The lowest BCUT2D eigenvalue weighted by Crippen LogP contribution is -2.29. The Morgan fingerprint density at radius 1 is 1.24 bits per heavy atom. The molecule has 0 fully saturated rings. The van der Waals surface area contributed by atoms with Crippen molar-refractivity contribution in [2.75, 3.05) is 26.3 Å². The molecule has 33 heavy (non-hydrogen) atoms. The van der Waals surface area contributed by atoms with Crippen molar-refractivity contribution in [3.8, 4) is 17.0 Å². The van der Waals surface area contributed by atoms with E-state index in [1.54, 1.807) is 4.68 Å². The van der Waals surface area contributed by atoms with Crippen LogP contribution in [0.5, 0.6) is 5.88 Å². The Morgan fingerprint density at radius 3 is 2.94 bits per heavy atom. The van der Waals surface area contributed by atoms with Crippen LogP contribution in [0.3, 0.4) is 0 Å². The summed E-state index contributed by atoms with van der Waals surface area (Å²) in [6.07, 6.45) is 5.93. The van der Waals surface area contributed by atoms with Gasteiger partial charge in [0.1, 0.15) is 6.61 Å². The predicted molar refractivity (Wildman–Crippen MR) is 128 cm³/mol. The molecule has 0 amide bonds. The molecule has 0 spiro atoms. The molecule has 172 valence electrons. The molecule has 4 heterocycles. The number of rotatable bonds is 3. The maximum Gasteiger partial charge on any atom is 0.219 e. The third-order valence-electron chi connectivity index (χ3n) is 6.28. The van der Waals surface area contributed by atoms with E-state index in [2.05, 4.69) is 50.4 Å². The SMILES string of the molecule is CCN1CCOc2c(c(C)nn2CCO)/C=C/c2n[nH]c3ccc(cc23)-c2cnn(C)c2C1. The van der Waals surface area contributed by atoms with Crippen LogP contribution in [-0.2, 0) is 20.1 Å². The minimum absolute atomic E-state index is 0.00222. The Hall–Kier alpha value is -3.43. The van der Waals surface area contributed by atoms with Gasteiger partial charge in [-0.3, -0.25) is 14.7 Å². The highest BCUT2D eigenvalue weighted by Gasteiger charge is 2.19. The topological polar surface area (TPSA) is 97.0 Å². The standard InChI is InChI=1S/C24H29N7O2/c1-4-30-10-12-33-24-18(16(2)28-31(24)9-11-32)6-8-22-19-13-17(5-7-21(19)26-27-22)20-14-25-29(3)23(20)15-30/h5-8,13-14,32H,4,9-12,15H2,1-3H3,(H,26,27)/b8-6+. The quantitative estimate of drug-likeness (QED) is 0.501. The van der Waals surface area contributed by atoms with Crippen LogP contribution in [0.4, 0.5) is 0 Å². The monoisotopic (exact) mass is 447 g/mol. The van der Waals surface area contributed by atoms with Gasteiger partial charge in [0.05, 0.1) is 47.5 Å². The fraction of sp³-hybridized carbons (Fsp3) is 0.375. The van der Waals surface area contributed by atoms with E-state index in [0.29, 0.717) is 19.0 Å². The first kappa shape index (κ1) is 21.4. The van der Waals surface area contributed by atoms with Crippen molar-refractivity contribution in [3.05, 3.63) is 47.0 Å². The third kappa shape index (κ3) is 3.94. The average Bonchev–Trinajstić information content (AvgIpc) is 3.47. The molecule has 0 saturated heterocycles. The van der Waals surface area contributed by atoms with Gasteiger partial charge in [-0.25, -0.2) is 4.68 Å². The number of aromatic amines is 1. The van der Waals surface area contributed by atoms with Crippen LogP contribution in [0.1, 0.15) is 29.6 Å². The minimum Gasteiger partial charge on any atom is -0.476 e. The van der Waals surface area contributed by atoms with E-state index >= 15 is 0 Å². The molecule has 1 aromatic carbocycles. The van der Waals surface area contributed by atoms with Crippen LogP contribution >= 0.6 is 0 Å². The smallest absolute Gasteiger partial charge is 0.219 e.